The zero-order chi connectivity index (χ0) is 9.84. The second-order valence-corrected chi connectivity index (χ2v) is 4.94. The summed E-state index contributed by atoms with van der Waals surface area (Å²) in [6.45, 7) is 6.53. The van der Waals surface area contributed by atoms with Crippen molar-refractivity contribution in [3.05, 3.63) is 17.5 Å². The molecule has 0 bridgehead atoms. The maximum absolute atomic E-state index is 5.88. The molecule has 1 aromatic heterocycles. The van der Waals surface area contributed by atoms with Gasteiger partial charge in [0.05, 0.1) is 0 Å². The van der Waals surface area contributed by atoms with E-state index in [1.54, 1.807) is 24.2 Å². The molecule has 72 valence electrons. The van der Waals surface area contributed by atoms with Gasteiger partial charge in [-0.05, 0) is 5.92 Å². The molecule has 1 aromatic rings. The molecule has 1 atom stereocenters. The van der Waals surface area contributed by atoms with E-state index < -0.39 is 0 Å². The molecule has 0 aliphatic carbocycles. The molecule has 0 N–H and O–H groups in total. The maximum Gasteiger partial charge on any atom is 0.161 e. The molecule has 0 saturated heterocycles. The van der Waals surface area contributed by atoms with Gasteiger partial charge in [-0.25, -0.2) is 9.97 Å². The van der Waals surface area contributed by atoms with Crippen LogP contribution in [0.25, 0.3) is 0 Å². The second-order valence-electron chi connectivity index (χ2n) is 3.22. The van der Waals surface area contributed by atoms with E-state index in [-0.39, 0.29) is 0 Å². The maximum atomic E-state index is 5.88. The summed E-state index contributed by atoms with van der Waals surface area (Å²) < 4.78 is 0. The first-order valence-corrected chi connectivity index (χ1v) is 5.50. The molecule has 0 saturated carbocycles. The van der Waals surface area contributed by atoms with Crippen molar-refractivity contribution in [2.24, 2.45) is 5.92 Å². The topological polar surface area (TPSA) is 25.8 Å². The van der Waals surface area contributed by atoms with Gasteiger partial charge in [0.15, 0.2) is 5.15 Å². The van der Waals surface area contributed by atoms with Crippen LogP contribution in [0, 0.1) is 5.92 Å². The Labute approximate surface area is 88.1 Å². The van der Waals surface area contributed by atoms with E-state index in [1.165, 1.54) is 0 Å². The van der Waals surface area contributed by atoms with E-state index in [2.05, 4.69) is 30.7 Å². The largest absolute Gasteiger partial charge is 0.245 e. The van der Waals surface area contributed by atoms with Crippen LogP contribution in [0.4, 0.5) is 0 Å². The van der Waals surface area contributed by atoms with Gasteiger partial charge in [0.25, 0.3) is 0 Å². The molecule has 0 fully saturated rings. The molecule has 2 nitrogen and oxygen atoms in total. The average molecular weight is 217 g/mol. The van der Waals surface area contributed by atoms with Crippen LogP contribution in [0.1, 0.15) is 20.8 Å². The molecule has 13 heavy (non-hydrogen) atoms. The summed E-state index contributed by atoms with van der Waals surface area (Å²) in [5, 5.41) is 1.83. The third-order valence-electron chi connectivity index (χ3n) is 1.86. The molecule has 1 heterocycles. The van der Waals surface area contributed by atoms with Gasteiger partial charge < -0.3 is 0 Å². The Morgan fingerprint density at radius 3 is 2.38 bits per heavy atom. The fourth-order valence-electron chi connectivity index (χ4n) is 0.700. The van der Waals surface area contributed by atoms with Crippen LogP contribution in [0.5, 0.6) is 0 Å². The van der Waals surface area contributed by atoms with Gasteiger partial charge in [-0.15, -0.1) is 0 Å². The highest BCUT2D eigenvalue weighted by Crippen LogP contribution is 2.29. The van der Waals surface area contributed by atoms with Crippen LogP contribution in [0.3, 0.4) is 0 Å². The Morgan fingerprint density at radius 1 is 1.23 bits per heavy atom. The quantitative estimate of drug-likeness (QED) is 0.726. The smallest absolute Gasteiger partial charge is 0.161 e. The number of hydrogen-bond acceptors (Lipinski definition) is 3. The SMILES string of the molecule is CC(C)C(C)Sc1nccnc1Cl. The standard InChI is InChI=1S/C9H13ClN2S/c1-6(2)7(3)13-9-8(10)11-4-5-12-9/h4-7H,1-3H3. The van der Waals surface area contributed by atoms with E-state index in [4.69, 9.17) is 11.6 Å². The minimum Gasteiger partial charge on any atom is -0.245 e. The second kappa shape index (κ2) is 4.82. The van der Waals surface area contributed by atoms with Gasteiger partial charge in [-0.3, -0.25) is 0 Å². The summed E-state index contributed by atoms with van der Waals surface area (Å²) >= 11 is 7.55. The Bertz CT molecular complexity index is 278. The first-order chi connectivity index (χ1) is 6.11. The van der Waals surface area contributed by atoms with Crippen LogP contribution in [-0.2, 0) is 0 Å². The highest BCUT2D eigenvalue weighted by Gasteiger charge is 2.12. The molecule has 0 aliphatic rings. The Balaban J connectivity index is 2.69. The van der Waals surface area contributed by atoms with Gasteiger partial charge in [-0.1, -0.05) is 44.1 Å². The fourth-order valence-corrected chi connectivity index (χ4v) is 1.83. The highest BCUT2D eigenvalue weighted by molar-refractivity contribution is 7.99. The van der Waals surface area contributed by atoms with Crippen LogP contribution in [0.15, 0.2) is 17.4 Å². The number of halogens is 1. The fraction of sp³-hybridized carbons (Fsp3) is 0.556. The molecule has 0 radical (unpaired) electrons. The molecule has 1 unspecified atom stereocenters. The lowest BCUT2D eigenvalue weighted by atomic mass is 10.2. The van der Waals surface area contributed by atoms with E-state index in [9.17, 15) is 0 Å². The Morgan fingerprint density at radius 2 is 1.85 bits per heavy atom. The van der Waals surface area contributed by atoms with E-state index in [1.807, 2.05) is 0 Å². The van der Waals surface area contributed by atoms with Gasteiger partial charge >= 0.3 is 0 Å². The lowest BCUT2D eigenvalue weighted by Crippen LogP contribution is -2.06. The highest BCUT2D eigenvalue weighted by atomic mass is 35.5. The summed E-state index contributed by atoms with van der Waals surface area (Å²) in [7, 11) is 0. The van der Waals surface area contributed by atoms with Crippen molar-refractivity contribution in [2.45, 2.75) is 31.0 Å². The van der Waals surface area contributed by atoms with Crippen LogP contribution < -0.4 is 0 Å². The number of hydrogen-bond donors (Lipinski definition) is 0. The van der Waals surface area contributed by atoms with Gasteiger partial charge in [0.1, 0.15) is 5.03 Å². The molecular formula is C9H13ClN2S. The lowest BCUT2D eigenvalue weighted by molar-refractivity contribution is 0.641. The van der Waals surface area contributed by atoms with Crippen molar-refractivity contribution in [2.75, 3.05) is 0 Å². The van der Waals surface area contributed by atoms with Crippen molar-refractivity contribution in [1.82, 2.24) is 9.97 Å². The molecular weight excluding hydrogens is 204 g/mol. The lowest BCUT2D eigenvalue weighted by Gasteiger charge is -2.14. The molecule has 0 amide bonds. The van der Waals surface area contributed by atoms with E-state index in [0.29, 0.717) is 16.3 Å². The van der Waals surface area contributed by atoms with E-state index >= 15 is 0 Å². The number of thioether (sulfide) groups is 1. The summed E-state index contributed by atoms with van der Waals surface area (Å²) in [5.74, 6) is 0.614. The summed E-state index contributed by atoms with van der Waals surface area (Å²) in [6.07, 6.45) is 3.27. The monoisotopic (exact) mass is 216 g/mol. The molecule has 1 rings (SSSR count). The molecule has 4 heteroatoms. The van der Waals surface area contributed by atoms with E-state index in [0.717, 1.165) is 5.03 Å². The van der Waals surface area contributed by atoms with Crippen molar-refractivity contribution in [3.63, 3.8) is 0 Å². The number of aromatic nitrogens is 2. The molecule has 0 aromatic carbocycles. The minimum atomic E-state index is 0.500. The minimum absolute atomic E-state index is 0.500. The summed E-state index contributed by atoms with van der Waals surface area (Å²) in [4.78, 5) is 8.14. The van der Waals surface area contributed by atoms with Gasteiger partial charge in [0, 0.05) is 17.6 Å². The zero-order valence-corrected chi connectivity index (χ0v) is 9.56. The summed E-state index contributed by atoms with van der Waals surface area (Å²) in [5.41, 5.74) is 0. The normalized spacial score (nSPS) is 13.3. The van der Waals surface area contributed by atoms with Gasteiger partial charge in [-0.2, -0.15) is 0 Å². The average Bonchev–Trinajstić information content (AvgIpc) is 2.08. The predicted molar refractivity (Wildman–Crippen MR) is 57.2 cm³/mol. The predicted octanol–water partition coefficient (Wildman–Crippen LogP) is 3.27. The van der Waals surface area contributed by atoms with Crippen LogP contribution in [0.2, 0.25) is 5.15 Å². The number of nitrogens with zero attached hydrogens (tertiary/aromatic N) is 2. The van der Waals surface area contributed by atoms with Crippen molar-refractivity contribution in [3.8, 4) is 0 Å². The zero-order valence-electron chi connectivity index (χ0n) is 7.99. The van der Waals surface area contributed by atoms with Crippen LogP contribution >= 0.6 is 23.4 Å². The Hall–Kier alpha value is -0.280. The third-order valence-corrected chi connectivity index (χ3v) is 3.69. The van der Waals surface area contributed by atoms with Gasteiger partial charge in [0.2, 0.25) is 0 Å². The number of rotatable bonds is 3. The third kappa shape index (κ3) is 3.16. The van der Waals surface area contributed by atoms with Crippen molar-refractivity contribution in [1.29, 1.82) is 0 Å². The van der Waals surface area contributed by atoms with Crippen molar-refractivity contribution < 1.29 is 0 Å². The summed E-state index contributed by atoms with van der Waals surface area (Å²) in [6, 6.07) is 0. The first-order valence-electron chi connectivity index (χ1n) is 4.24. The molecule has 0 spiro atoms. The molecule has 0 aliphatic heterocycles. The van der Waals surface area contributed by atoms with Crippen LogP contribution in [-0.4, -0.2) is 15.2 Å². The van der Waals surface area contributed by atoms with Crippen molar-refractivity contribution >= 4 is 23.4 Å². The Kier molecular flexibility index (Phi) is 4.00. The first kappa shape index (κ1) is 10.8.